The fourth-order valence-electron chi connectivity index (χ4n) is 2.23. The molecule has 0 fully saturated rings. The number of aryl methyl sites for hydroxylation is 1. The number of ether oxygens (including phenoxy) is 1. The third kappa shape index (κ3) is 4.77. The number of hydrogen-bond donors (Lipinski definition) is 1. The van der Waals surface area contributed by atoms with Crippen molar-refractivity contribution in [2.24, 2.45) is 5.92 Å². The first-order chi connectivity index (χ1) is 9.76. The summed E-state index contributed by atoms with van der Waals surface area (Å²) in [7, 11) is 1.31. The van der Waals surface area contributed by atoms with Crippen molar-refractivity contribution in [1.29, 1.82) is 0 Å². The number of rotatable bonds is 6. The average molecular weight is 299 g/mol. The van der Waals surface area contributed by atoms with Crippen LogP contribution in [0.25, 0.3) is 0 Å². The maximum Gasteiger partial charge on any atom is 0.322 e. The second-order valence-corrected chi connectivity index (χ2v) is 5.72. The highest BCUT2D eigenvalue weighted by Crippen LogP contribution is 2.22. The molecule has 0 radical (unpaired) electrons. The van der Waals surface area contributed by atoms with Gasteiger partial charge >= 0.3 is 5.97 Å². The van der Waals surface area contributed by atoms with Crippen LogP contribution in [0.4, 0.5) is 8.78 Å². The molecule has 1 aromatic rings. The molecule has 0 saturated heterocycles. The number of benzene rings is 1. The maximum atomic E-state index is 14.0. The van der Waals surface area contributed by atoms with Crippen LogP contribution in [0.1, 0.15) is 44.4 Å². The van der Waals surface area contributed by atoms with Gasteiger partial charge in [0.2, 0.25) is 0 Å². The van der Waals surface area contributed by atoms with E-state index in [2.05, 4.69) is 5.32 Å². The number of esters is 1. The highest BCUT2D eigenvalue weighted by atomic mass is 19.1. The summed E-state index contributed by atoms with van der Waals surface area (Å²) in [5.41, 5.74) is 0.464. The van der Waals surface area contributed by atoms with Gasteiger partial charge in [0, 0.05) is 11.6 Å². The standard InChI is InChI=1S/C16H23F2NO2/c1-9(2)6-15(16(20)21-5)19-11(4)12-8-13(17)10(3)7-14(12)18/h7-9,11,15,19H,6H2,1-5H3. The largest absolute Gasteiger partial charge is 0.468 e. The Morgan fingerprint density at radius 1 is 1.24 bits per heavy atom. The number of halogens is 2. The molecular formula is C16H23F2NO2. The van der Waals surface area contributed by atoms with Gasteiger partial charge in [0.05, 0.1) is 7.11 Å². The SMILES string of the molecule is COC(=O)C(CC(C)C)NC(C)c1cc(F)c(C)cc1F. The summed E-state index contributed by atoms with van der Waals surface area (Å²) < 4.78 is 32.3. The molecule has 0 aliphatic rings. The lowest BCUT2D eigenvalue weighted by Crippen LogP contribution is -2.40. The predicted molar refractivity (Wildman–Crippen MR) is 77.9 cm³/mol. The molecule has 0 aliphatic carbocycles. The van der Waals surface area contributed by atoms with Gasteiger partial charge in [0.15, 0.2) is 0 Å². The van der Waals surface area contributed by atoms with Crippen molar-refractivity contribution in [3.05, 3.63) is 34.9 Å². The van der Waals surface area contributed by atoms with Gasteiger partial charge in [-0.05, 0) is 43.9 Å². The van der Waals surface area contributed by atoms with Crippen molar-refractivity contribution in [2.45, 2.75) is 46.2 Å². The Morgan fingerprint density at radius 3 is 2.38 bits per heavy atom. The lowest BCUT2D eigenvalue weighted by molar-refractivity contribution is -0.143. The first kappa shape index (κ1) is 17.6. The van der Waals surface area contributed by atoms with E-state index in [1.54, 1.807) is 6.92 Å². The Hall–Kier alpha value is -1.49. The monoisotopic (exact) mass is 299 g/mol. The number of carbonyl (C=O) groups excluding carboxylic acids is 1. The quantitative estimate of drug-likeness (QED) is 0.817. The Labute approximate surface area is 124 Å². The molecule has 0 heterocycles. The van der Waals surface area contributed by atoms with Crippen molar-refractivity contribution >= 4 is 5.97 Å². The molecule has 118 valence electrons. The Bertz CT molecular complexity index is 503. The third-order valence-corrected chi connectivity index (χ3v) is 3.39. The molecular weight excluding hydrogens is 276 g/mol. The first-order valence-corrected chi connectivity index (χ1v) is 7.05. The van der Waals surface area contributed by atoms with Crippen molar-refractivity contribution in [3.63, 3.8) is 0 Å². The summed E-state index contributed by atoms with van der Waals surface area (Å²) >= 11 is 0. The number of methoxy groups -OCH3 is 1. The molecule has 0 aliphatic heterocycles. The van der Waals surface area contributed by atoms with Crippen LogP contribution in [0.15, 0.2) is 12.1 Å². The molecule has 0 amide bonds. The van der Waals surface area contributed by atoms with Gasteiger partial charge in [-0.2, -0.15) is 0 Å². The van der Waals surface area contributed by atoms with Crippen LogP contribution < -0.4 is 5.32 Å². The van der Waals surface area contributed by atoms with Crippen LogP contribution in [0.3, 0.4) is 0 Å². The van der Waals surface area contributed by atoms with Gasteiger partial charge in [-0.15, -0.1) is 0 Å². The summed E-state index contributed by atoms with van der Waals surface area (Å²) in [6.45, 7) is 7.17. The van der Waals surface area contributed by atoms with Crippen molar-refractivity contribution < 1.29 is 18.3 Å². The fraction of sp³-hybridized carbons (Fsp3) is 0.562. The Morgan fingerprint density at radius 2 is 1.86 bits per heavy atom. The van der Waals surface area contributed by atoms with Crippen LogP contribution in [0, 0.1) is 24.5 Å². The fourth-order valence-corrected chi connectivity index (χ4v) is 2.23. The Kier molecular flexibility index (Phi) is 6.27. The van der Waals surface area contributed by atoms with E-state index in [0.29, 0.717) is 6.42 Å². The summed E-state index contributed by atoms with van der Waals surface area (Å²) in [6, 6.07) is 1.29. The summed E-state index contributed by atoms with van der Waals surface area (Å²) in [5, 5.41) is 3.02. The molecule has 1 aromatic carbocycles. The second kappa shape index (κ2) is 7.50. The highest BCUT2D eigenvalue weighted by Gasteiger charge is 2.24. The van der Waals surface area contributed by atoms with E-state index < -0.39 is 29.7 Å². The van der Waals surface area contributed by atoms with Crippen molar-refractivity contribution in [3.8, 4) is 0 Å². The van der Waals surface area contributed by atoms with E-state index in [-0.39, 0.29) is 17.0 Å². The molecule has 0 bridgehead atoms. The minimum Gasteiger partial charge on any atom is -0.468 e. The molecule has 0 spiro atoms. The van der Waals surface area contributed by atoms with Crippen LogP contribution in [-0.2, 0) is 9.53 Å². The number of hydrogen-bond acceptors (Lipinski definition) is 3. The van der Waals surface area contributed by atoms with Crippen LogP contribution in [0.5, 0.6) is 0 Å². The zero-order valence-corrected chi connectivity index (χ0v) is 13.2. The van der Waals surface area contributed by atoms with Gasteiger partial charge in [0.1, 0.15) is 17.7 Å². The number of nitrogens with one attached hydrogen (secondary N) is 1. The van der Waals surface area contributed by atoms with Crippen LogP contribution in [-0.4, -0.2) is 19.1 Å². The predicted octanol–water partition coefficient (Wildman–Crippen LogP) is 3.51. The van der Waals surface area contributed by atoms with Gasteiger partial charge in [-0.1, -0.05) is 13.8 Å². The molecule has 1 N–H and O–H groups in total. The molecule has 21 heavy (non-hydrogen) atoms. The summed E-state index contributed by atoms with van der Waals surface area (Å²) in [5.74, 6) is -1.07. The molecule has 1 rings (SSSR count). The normalized spacial score (nSPS) is 14.1. The van der Waals surface area contributed by atoms with Gasteiger partial charge in [-0.3, -0.25) is 10.1 Å². The van der Waals surface area contributed by atoms with Crippen molar-refractivity contribution in [1.82, 2.24) is 5.32 Å². The molecule has 2 unspecified atom stereocenters. The van der Waals surface area contributed by atoms with Crippen LogP contribution in [0.2, 0.25) is 0 Å². The lowest BCUT2D eigenvalue weighted by atomic mass is 10.00. The second-order valence-electron chi connectivity index (χ2n) is 5.72. The highest BCUT2D eigenvalue weighted by molar-refractivity contribution is 5.75. The Balaban J connectivity index is 2.93. The lowest BCUT2D eigenvalue weighted by Gasteiger charge is -2.23. The van der Waals surface area contributed by atoms with Gasteiger partial charge < -0.3 is 4.74 Å². The van der Waals surface area contributed by atoms with Gasteiger partial charge in [-0.25, -0.2) is 8.78 Å². The van der Waals surface area contributed by atoms with Crippen molar-refractivity contribution in [2.75, 3.05) is 7.11 Å². The van der Waals surface area contributed by atoms with E-state index >= 15 is 0 Å². The molecule has 0 aromatic heterocycles. The summed E-state index contributed by atoms with van der Waals surface area (Å²) in [4.78, 5) is 11.8. The van der Waals surface area contributed by atoms with Gasteiger partial charge in [0.25, 0.3) is 0 Å². The average Bonchev–Trinajstić information content (AvgIpc) is 2.40. The third-order valence-electron chi connectivity index (χ3n) is 3.39. The van der Waals surface area contributed by atoms with E-state index in [1.807, 2.05) is 13.8 Å². The number of carbonyl (C=O) groups is 1. The summed E-state index contributed by atoms with van der Waals surface area (Å²) in [6.07, 6.45) is 0.562. The van der Waals surface area contributed by atoms with E-state index in [0.717, 1.165) is 0 Å². The maximum absolute atomic E-state index is 14.0. The smallest absolute Gasteiger partial charge is 0.322 e. The molecule has 3 nitrogen and oxygen atoms in total. The zero-order valence-electron chi connectivity index (χ0n) is 13.2. The minimum absolute atomic E-state index is 0.204. The van der Waals surface area contributed by atoms with E-state index in [1.165, 1.54) is 26.2 Å². The topological polar surface area (TPSA) is 38.3 Å². The molecule has 2 atom stereocenters. The van der Waals surface area contributed by atoms with Crippen LogP contribution >= 0.6 is 0 Å². The molecule has 0 saturated carbocycles. The van der Waals surface area contributed by atoms with E-state index in [9.17, 15) is 13.6 Å². The minimum atomic E-state index is -0.547. The zero-order chi connectivity index (χ0) is 16.2. The van der Waals surface area contributed by atoms with E-state index in [4.69, 9.17) is 4.74 Å². The molecule has 5 heteroatoms. The first-order valence-electron chi connectivity index (χ1n) is 7.05.